The van der Waals surface area contributed by atoms with Crippen molar-refractivity contribution in [3.63, 3.8) is 0 Å². The SMILES string of the molecule is Nc1nccc2cc(CNC(=O)c3cn(Cc4ccc(Cn5cc(F)cn5)cc4)c(C4CC4)n3)c(F)cc12. The average molecular weight is 514 g/mol. The smallest absolute Gasteiger partial charge is 0.271 e. The minimum atomic E-state index is -0.456. The van der Waals surface area contributed by atoms with E-state index in [0.717, 1.165) is 35.2 Å². The molecule has 8 nitrogen and oxygen atoms in total. The van der Waals surface area contributed by atoms with Gasteiger partial charge in [0.05, 0.1) is 18.9 Å². The fourth-order valence-electron chi connectivity index (χ4n) is 4.56. The molecular formula is C28H25F2N7O. The van der Waals surface area contributed by atoms with Gasteiger partial charge in [-0.25, -0.2) is 18.7 Å². The van der Waals surface area contributed by atoms with Gasteiger partial charge < -0.3 is 15.6 Å². The Morgan fingerprint density at radius 1 is 1.05 bits per heavy atom. The Kier molecular flexibility index (Phi) is 6.07. The lowest BCUT2D eigenvalue weighted by molar-refractivity contribution is 0.0946. The first-order valence-corrected chi connectivity index (χ1v) is 12.4. The second kappa shape index (κ2) is 9.70. The zero-order chi connectivity index (χ0) is 26.2. The van der Waals surface area contributed by atoms with E-state index in [4.69, 9.17) is 5.73 Å². The zero-order valence-corrected chi connectivity index (χ0v) is 20.4. The van der Waals surface area contributed by atoms with Gasteiger partial charge in [0.25, 0.3) is 5.91 Å². The van der Waals surface area contributed by atoms with Crippen molar-refractivity contribution in [2.75, 3.05) is 5.73 Å². The van der Waals surface area contributed by atoms with Gasteiger partial charge in [-0.15, -0.1) is 0 Å². The highest BCUT2D eigenvalue weighted by atomic mass is 19.1. The second-order valence-electron chi connectivity index (χ2n) is 9.60. The first-order chi connectivity index (χ1) is 18.4. The van der Waals surface area contributed by atoms with E-state index < -0.39 is 5.82 Å². The molecule has 0 radical (unpaired) electrons. The van der Waals surface area contributed by atoms with Crippen molar-refractivity contribution in [2.24, 2.45) is 0 Å². The number of hydrogen-bond acceptors (Lipinski definition) is 5. The van der Waals surface area contributed by atoms with E-state index >= 15 is 0 Å². The molecule has 0 unspecified atom stereocenters. The molecule has 3 N–H and O–H groups in total. The van der Waals surface area contributed by atoms with Crippen molar-refractivity contribution in [2.45, 2.75) is 38.4 Å². The van der Waals surface area contributed by atoms with Crippen LogP contribution in [0.3, 0.4) is 0 Å². The quantitative estimate of drug-likeness (QED) is 0.320. The molecule has 0 atom stereocenters. The van der Waals surface area contributed by atoms with E-state index in [2.05, 4.69) is 20.4 Å². The van der Waals surface area contributed by atoms with Crippen LogP contribution in [0.1, 0.15) is 51.8 Å². The van der Waals surface area contributed by atoms with E-state index in [9.17, 15) is 13.6 Å². The fourth-order valence-corrected chi connectivity index (χ4v) is 4.56. The minimum Gasteiger partial charge on any atom is -0.383 e. The van der Waals surface area contributed by atoms with Crippen LogP contribution < -0.4 is 11.1 Å². The largest absolute Gasteiger partial charge is 0.383 e. The van der Waals surface area contributed by atoms with Crippen LogP contribution >= 0.6 is 0 Å². The van der Waals surface area contributed by atoms with Crippen LogP contribution in [0.4, 0.5) is 14.6 Å². The number of imidazole rings is 1. The molecule has 0 spiro atoms. The third-order valence-corrected chi connectivity index (χ3v) is 6.71. The third-order valence-electron chi connectivity index (χ3n) is 6.71. The molecule has 0 bridgehead atoms. The second-order valence-corrected chi connectivity index (χ2v) is 9.60. The Balaban J connectivity index is 1.15. The molecule has 1 amide bonds. The van der Waals surface area contributed by atoms with Crippen molar-refractivity contribution in [3.05, 3.63) is 107 Å². The number of halogens is 2. The first-order valence-electron chi connectivity index (χ1n) is 12.4. The first kappa shape index (κ1) is 23.8. The van der Waals surface area contributed by atoms with E-state index in [1.165, 1.54) is 18.5 Å². The van der Waals surface area contributed by atoms with Crippen LogP contribution in [0.15, 0.2) is 67.3 Å². The summed E-state index contributed by atoms with van der Waals surface area (Å²) >= 11 is 0. The van der Waals surface area contributed by atoms with Gasteiger partial charge in [-0.05, 0) is 47.6 Å². The Bertz CT molecular complexity index is 1640. The molecule has 5 aromatic rings. The van der Waals surface area contributed by atoms with Gasteiger partial charge in [0.15, 0.2) is 5.82 Å². The monoisotopic (exact) mass is 513 g/mol. The van der Waals surface area contributed by atoms with Crippen LogP contribution in [-0.4, -0.2) is 30.2 Å². The molecule has 2 aromatic carbocycles. The summed E-state index contributed by atoms with van der Waals surface area (Å²) < 4.78 is 31.4. The third kappa shape index (κ3) is 4.97. The van der Waals surface area contributed by atoms with Gasteiger partial charge in [0, 0.05) is 42.4 Å². The number of carbonyl (C=O) groups is 1. The van der Waals surface area contributed by atoms with Crippen LogP contribution in [0.25, 0.3) is 10.8 Å². The number of benzene rings is 2. The average Bonchev–Trinajstić information content (AvgIpc) is 3.54. The summed E-state index contributed by atoms with van der Waals surface area (Å²) in [7, 11) is 0. The molecular weight excluding hydrogens is 488 g/mol. The van der Waals surface area contributed by atoms with Crippen LogP contribution in [0, 0.1) is 11.6 Å². The van der Waals surface area contributed by atoms with Crippen molar-refractivity contribution in [3.8, 4) is 0 Å². The Labute approximate surface area is 217 Å². The molecule has 0 aliphatic heterocycles. The highest BCUT2D eigenvalue weighted by Crippen LogP contribution is 2.39. The molecule has 6 rings (SSSR count). The fraction of sp³-hybridized carbons (Fsp3) is 0.214. The van der Waals surface area contributed by atoms with Gasteiger partial charge in [-0.3, -0.25) is 9.48 Å². The number of hydrogen-bond donors (Lipinski definition) is 2. The zero-order valence-electron chi connectivity index (χ0n) is 20.4. The molecule has 0 saturated heterocycles. The maximum atomic E-state index is 14.7. The summed E-state index contributed by atoms with van der Waals surface area (Å²) in [6.45, 7) is 1.07. The van der Waals surface area contributed by atoms with E-state index in [1.54, 1.807) is 29.2 Å². The normalized spacial score (nSPS) is 13.2. The summed E-state index contributed by atoms with van der Waals surface area (Å²) in [5, 5.41) is 8.07. The highest BCUT2D eigenvalue weighted by Gasteiger charge is 2.30. The molecule has 1 fully saturated rings. The summed E-state index contributed by atoms with van der Waals surface area (Å²) in [5.74, 6) is 0.301. The summed E-state index contributed by atoms with van der Waals surface area (Å²) in [6.07, 6.45) is 7.95. The number of rotatable bonds is 8. The lowest BCUT2D eigenvalue weighted by atomic mass is 10.1. The van der Waals surface area contributed by atoms with Gasteiger partial charge in [-0.2, -0.15) is 5.10 Å². The molecule has 38 heavy (non-hydrogen) atoms. The number of pyridine rings is 1. The van der Waals surface area contributed by atoms with Gasteiger partial charge in [0.1, 0.15) is 23.2 Å². The molecule has 3 heterocycles. The lowest BCUT2D eigenvalue weighted by Crippen LogP contribution is -2.23. The Hall–Kier alpha value is -4.60. The number of fused-ring (bicyclic) bond motifs is 1. The molecule has 3 aromatic heterocycles. The van der Waals surface area contributed by atoms with Crippen molar-refractivity contribution < 1.29 is 13.6 Å². The number of nitrogens with two attached hydrogens (primary N) is 1. The summed E-state index contributed by atoms with van der Waals surface area (Å²) in [5.41, 5.74) is 8.56. The predicted molar refractivity (Wildman–Crippen MR) is 138 cm³/mol. The molecule has 1 aliphatic carbocycles. The standard InChI is InChI=1S/C28H25F2N7O/c29-22-12-34-37(15-22)14-18-3-1-17(2-4-18)13-36-16-25(35-27(36)19-5-6-19)28(38)33-11-21-9-20-7-8-32-26(31)23(20)10-24(21)30/h1-4,7-10,12,15-16,19H,5-6,11,13-14H2,(H2,31,32)(H,33,38). The molecule has 1 aliphatic rings. The van der Waals surface area contributed by atoms with Crippen molar-refractivity contribution >= 4 is 22.5 Å². The van der Waals surface area contributed by atoms with Gasteiger partial charge >= 0.3 is 0 Å². The minimum absolute atomic E-state index is 0.0239. The number of nitrogens with one attached hydrogen (secondary N) is 1. The number of carbonyl (C=O) groups excluding carboxylic acids is 1. The van der Waals surface area contributed by atoms with Crippen LogP contribution in [0.5, 0.6) is 0 Å². The number of amides is 1. The number of nitrogen functional groups attached to an aromatic ring is 1. The van der Waals surface area contributed by atoms with E-state index in [-0.39, 0.29) is 24.1 Å². The Morgan fingerprint density at radius 2 is 1.82 bits per heavy atom. The van der Waals surface area contributed by atoms with Crippen LogP contribution in [-0.2, 0) is 19.6 Å². The van der Waals surface area contributed by atoms with Crippen LogP contribution in [0.2, 0.25) is 0 Å². The van der Waals surface area contributed by atoms with Crippen molar-refractivity contribution in [1.82, 2.24) is 29.6 Å². The van der Waals surface area contributed by atoms with Crippen molar-refractivity contribution in [1.29, 1.82) is 0 Å². The van der Waals surface area contributed by atoms with E-state index in [0.29, 0.717) is 35.7 Å². The molecule has 10 heteroatoms. The number of aromatic nitrogens is 5. The van der Waals surface area contributed by atoms with Gasteiger partial charge in [-0.1, -0.05) is 24.3 Å². The maximum Gasteiger partial charge on any atom is 0.271 e. The van der Waals surface area contributed by atoms with E-state index in [1.807, 2.05) is 28.8 Å². The Morgan fingerprint density at radius 3 is 2.53 bits per heavy atom. The highest BCUT2D eigenvalue weighted by molar-refractivity contribution is 5.93. The topological polar surface area (TPSA) is 104 Å². The summed E-state index contributed by atoms with van der Waals surface area (Å²) in [6, 6.07) is 12.8. The van der Waals surface area contributed by atoms with Gasteiger partial charge in [0.2, 0.25) is 0 Å². The maximum absolute atomic E-state index is 14.7. The lowest BCUT2D eigenvalue weighted by Gasteiger charge is -2.08. The predicted octanol–water partition coefficient (Wildman–Crippen LogP) is 4.39. The molecule has 192 valence electrons. The number of nitrogens with zero attached hydrogens (tertiary/aromatic N) is 5. The number of anilines is 1. The molecule has 1 saturated carbocycles. The summed E-state index contributed by atoms with van der Waals surface area (Å²) in [4.78, 5) is 21.6.